The van der Waals surface area contributed by atoms with Gasteiger partial charge < -0.3 is 9.80 Å². The summed E-state index contributed by atoms with van der Waals surface area (Å²) in [6.07, 6.45) is 2.11. The van der Waals surface area contributed by atoms with E-state index in [2.05, 4.69) is 0 Å². The zero-order valence-electron chi connectivity index (χ0n) is 11.2. The molecule has 0 aromatic heterocycles. The second-order valence-electron chi connectivity index (χ2n) is 5.35. The molecule has 0 aliphatic carbocycles. The fourth-order valence-corrected chi connectivity index (χ4v) is 3.20. The summed E-state index contributed by atoms with van der Waals surface area (Å²) in [7, 11) is 0. The molecule has 2 amide bonds. The molecule has 2 fully saturated rings. The predicted molar refractivity (Wildman–Crippen MR) is 76.2 cm³/mol. The minimum atomic E-state index is -0.257. The molecule has 2 aliphatic rings. The van der Waals surface area contributed by atoms with Crippen molar-refractivity contribution in [3.05, 3.63) is 34.9 Å². The Morgan fingerprint density at radius 1 is 1.20 bits per heavy atom. The van der Waals surface area contributed by atoms with Crippen LogP contribution in [-0.4, -0.2) is 40.7 Å². The lowest BCUT2D eigenvalue weighted by molar-refractivity contribution is -0.139. The molecule has 0 bridgehead atoms. The topological polar surface area (TPSA) is 40.6 Å². The summed E-state index contributed by atoms with van der Waals surface area (Å²) >= 11 is 6.16. The lowest BCUT2D eigenvalue weighted by Crippen LogP contribution is -2.43. The highest BCUT2D eigenvalue weighted by atomic mass is 35.5. The molecule has 1 unspecified atom stereocenters. The Kier molecular flexibility index (Phi) is 3.66. The number of hydrogen-bond acceptors (Lipinski definition) is 2. The zero-order valence-corrected chi connectivity index (χ0v) is 12.0. The third kappa shape index (κ3) is 2.40. The van der Waals surface area contributed by atoms with E-state index >= 15 is 0 Å². The lowest BCUT2D eigenvalue weighted by Gasteiger charge is -2.25. The van der Waals surface area contributed by atoms with Crippen LogP contribution in [0.5, 0.6) is 0 Å². The number of hydrogen-bond donors (Lipinski definition) is 0. The lowest BCUT2D eigenvalue weighted by atomic mass is 10.1. The molecule has 0 spiro atoms. The summed E-state index contributed by atoms with van der Waals surface area (Å²) in [6.45, 7) is 1.68. The number of amides is 2. The first kappa shape index (κ1) is 13.4. The Labute approximate surface area is 123 Å². The van der Waals surface area contributed by atoms with Gasteiger partial charge in [-0.2, -0.15) is 0 Å². The minimum absolute atomic E-state index is 0.0632. The Hall–Kier alpha value is -1.55. The van der Waals surface area contributed by atoms with E-state index in [-0.39, 0.29) is 17.9 Å². The molecule has 2 saturated heterocycles. The van der Waals surface area contributed by atoms with Crippen molar-refractivity contribution in [3.63, 3.8) is 0 Å². The summed E-state index contributed by atoms with van der Waals surface area (Å²) in [5.74, 6) is 0.163. The molecule has 0 N–H and O–H groups in total. The van der Waals surface area contributed by atoms with Crippen LogP contribution in [-0.2, 0) is 16.1 Å². The van der Waals surface area contributed by atoms with Gasteiger partial charge in [-0.05, 0) is 24.5 Å². The molecular weight excluding hydrogens is 276 g/mol. The number of nitrogens with zero attached hydrogens (tertiary/aromatic N) is 2. The van der Waals surface area contributed by atoms with Gasteiger partial charge in [0.05, 0.1) is 0 Å². The highest BCUT2D eigenvalue weighted by Crippen LogP contribution is 2.25. The number of rotatable bonds is 2. The van der Waals surface area contributed by atoms with Crippen molar-refractivity contribution < 1.29 is 9.59 Å². The van der Waals surface area contributed by atoms with E-state index in [0.717, 1.165) is 24.9 Å². The highest BCUT2D eigenvalue weighted by molar-refractivity contribution is 6.31. The highest BCUT2D eigenvalue weighted by Gasteiger charge is 2.39. The molecule has 2 aliphatic heterocycles. The van der Waals surface area contributed by atoms with E-state index in [4.69, 9.17) is 11.6 Å². The van der Waals surface area contributed by atoms with Crippen LogP contribution < -0.4 is 0 Å². The fraction of sp³-hybridized carbons (Fsp3) is 0.467. The van der Waals surface area contributed by atoms with Crippen LogP contribution in [0, 0.1) is 0 Å². The number of carbonyl (C=O) groups is 2. The number of carbonyl (C=O) groups excluding carboxylic acids is 2. The Morgan fingerprint density at radius 2 is 2.00 bits per heavy atom. The van der Waals surface area contributed by atoms with Gasteiger partial charge >= 0.3 is 0 Å². The maximum Gasteiger partial charge on any atom is 0.245 e. The quantitative estimate of drug-likeness (QED) is 0.837. The van der Waals surface area contributed by atoms with E-state index in [1.165, 1.54) is 0 Å². The van der Waals surface area contributed by atoms with Crippen LogP contribution in [0.3, 0.4) is 0 Å². The monoisotopic (exact) mass is 292 g/mol. The van der Waals surface area contributed by atoms with Crippen molar-refractivity contribution in [1.82, 2.24) is 9.80 Å². The normalized spacial score (nSPS) is 22.9. The van der Waals surface area contributed by atoms with E-state index in [1.54, 1.807) is 9.80 Å². The van der Waals surface area contributed by atoms with Crippen molar-refractivity contribution in [2.45, 2.75) is 31.8 Å². The van der Waals surface area contributed by atoms with Crippen LogP contribution in [0.2, 0.25) is 5.02 Å². The third-order valence-electron chi connectivity index (χ3n) is 4.08. The van der Waals surface area contributed by atoms with E-state index in [1.807, 2.05) is 24.3 Å². The van der Waals surface area contributed by atoms with Gasteiger partial charge in [0.15, 0.2) is 0 Å². The maximum atomic E-state index is 12.6. The van der Waals surface area contributed by atoms with E-state index in [0.29, 0.717) is 24.5 Å². The van der Waals surface area contributed by atoms with Crippen molar-refractivity contribution in [2.24, 2.45) is 0 Å². The van der Waals surface area contributed by atoms with Gasteiger partial charge in [-0.25, -0.2) is 0 Å². The molecule has 0 saturated carbocycles. The maximum absolute atomic E-state index is 12.6. The van der Waals surface area contributed by atoms with Crippen molar-refractivity contribution in [3.8, 4) is 0 Å². The fourth-order valence-electron chi connectivity index (χ4n) is 3.01. The molecule has 106 valence electrons. The van der Waals surface area contributed by atoms with E-state index < -0.39 is 0 Å². The smallest absolute Gasteiger partial charge is 0.245 e. The standard InChI is InChI=1S/C15H17ClN2O2/c16-12-5-2-1-4-11(12)10-17-9-7-14(19)18-8-3-6-13(18)15(17)20/h1-2,4-5,13H,3,6-10H2. The van der Waals surface area contributed by atoms with Crippen molar-refractivity contribution >= 4 is 23.4 Å². The second-order valence-corrected chi connectivity index (χ2v) is 5.75. The van der Waals surface area contributed by atoms with Crippen LogP contribution in [0.4, 0.5) is 0 Å². The molecule has 1 aromatic rings. The largest absolute Gasteiger partial charge is 0.336 e. The number of benzene rings is 1. The van der Waals surface area contributed by atoms with Gasteiger partial charge in [-0.15, -0.1) is 0 Å². The molecule has 1 atom stereocenters. The first-order valence-corrected chi connectivity index (χ1v) is 7.36. The molecule has 5 heteroatoms. The molecule has 3 rings (SSSR count). The third-order valence-corrected chi connectivity index (χ3v) is 4.45. The molecule has 2 heterocycles. The van der Waals surface area contributed by atoms with Gasteiger partial charge in [0.1, 0.15) is 6.04 Å². The van der Waals surface area contributed by atoms with Gasteiger partial charge in [0.25, 0.3) is 0 Å². The van der Waals surface area contributed by atoms with Crippen LogP contribution >= 0.6 is 11.6 Å². The van der Waals surface area contributed by atoms with Crippen LogP contribution in [0.25, 0.3) is 0 Å². The first-order valence-electron chi connectivity index (χ1n) is 6.98. The van der Waals surface area contributed by atoms with Crippen molar-refractivity contribution in [1.29, 1.82) is 0 Å². The van der Waals surface area contributed by atoms with Gasteiger partial charge in [0, 0.05) is 31.1 Å². The van der Waals surface area contributed by atoms with E-state index in [9.17, 15) is 9.59 Å². The van der Waals surface area contributed by atoms with Gasteiger partial charge in [-0.3, -0.25) is 9.59 Å². The molecule has 20 heavy (non-hydrogen) atoms. The predicted octanol–water partition coefficient (Wildman–Crippen LogP) is 2.06. The summed E-state index contributed by atoms with van der Waals surface area (Å²) in [5.41, 5.74) is 0.932. The summed E-state index contributed by atoms with van der Waals surface area (Å²) in [6, 6.07) is 7.28. The number of fused-ring (bicyclic) bond motifs is 1. The van der Waals surface area contributed by atoms with Crippen LogP contribution in [0.1, 0.15) is 24.8 Å². The summed E-state index contributed by atoms with van der Waals surface area (Å²) < 4.78 is 0. The zero-order chi connectivity index (χ0) is 14.1. The number of halogens is 1. The van der Waals surface area contributed by atoms with Gasteiger partial charge in [0.2, 0.25) is 11.8 Å². The summed E-state index contributed by atoms with van der Waals surface area (Å²) in [5, 5.41) is 0.666. The minimum Gasteiger partial charge on any atom is -0.336 e. The first-order chi connectivity index (χ1) is 9.66. The van der Waals surface area contributed by atoms with Gasteiger partial charge in [-0.1, -0.05) is 29.8 Å². The molecule has 1 aromatic carbocycles. The van der Waals surface area contributed by atoms with Crippen LogP contribution in [0.15, 0.2) is 24.3 Å². The average Bonchev–Trinajstić information content (AvgIpc) is 2.90. The molecular formula is C15H17ClN2O2. The summed E-state index contributed by atoms with van der Waals surface area (Å²) in [4.78, 5) is 28.1. The molecule has 0 radical (unpaired) electrons. The average molecular weight is 293 g/mol. The Balaban J connectivity index is 1.81. The Bertz CT molecular complexity index is 546. The Morgan fingerprint density at radius 3 is 2.80 bits per heavy atom. The van der Waals surface area contributed by atoms with Crippen molar-refractivity contribution in [2.75, 3.05) is 13.1 Å². The second kappa shape index (κ2) is 5.44. The molecule has 4 nitrogen and oxygen atoms in total. The SMILES string of the molecule is O=C1C2CCCN2C(=O)CCN1Cc1ccccc1Cl.